The van der Waals surface area contributed by atoms with Crippen molar-refractivity contribution in [3.8, 4) is 0 Å². The number of hydrogen-bond donors (Lipinski definition) is 0. The summed E-state index contributed by atoms with van der Waals surface area (Å²) in [6.07, 6.45) is 2.59. The third-order valence-electron chi connectivity index (χ3n) is 2.80. The summed E-state index contributed by atoms with van der Waals surface area (Å²) in [6.45, 7) is 14.0. The lowest BCUT2D eigenvalue weighted by molar-refractivity contribution is 0.227. The molecule has 0 aromatic carbocycles. The van der Waals surface area contributed by atoms with Gasteiger partial charge in [-0.25, -0.2) is 0 Å². The maximum absolute atomic E-state index is 2.45. The average molecular weight is 185 g/mol. The van der Waals surface area contributed by atoms with Crippen LogP contribution in [0.15, 0.2) is 0 Å². The topological polar surface area (TPSA) is 3.24 Å². The number of nitrogens with zero attached hydrogens (tertiary/aromatic N) is 1. The summed E-state index contributed by atoms with van der Waals surface area (Å²) >= 11 is 0. The third kappa shape index (κ3) is 7.06. The SMILES string of the molecule is CCC(C)(C)CCN(C)CC(C)C. The molecule has 0 saturated carbocycles. The molecule has 0 aromatic rings. The van der Waals surface area contributed by atoms with Crippen LogP contribution in [0.1, 0.15) is 47.5 Å². The molecule has 0 aliphatic heterocycles. The lowest BCUT2D eigenvalue weighted by Gasteiger charge is -2.27. The van der Waals surface area contributed by atoms with Crippen molar-refractivity contribution in [3.05, 3.63) is 0 Å². The Bertz CT molecular complexity index is 127. The molecule has 13 heavy (non-hydrogen) atoms. The smallest absolute Gasteiger partial charge is 0.000134 e. The van der Waals surface area contributed by atoms with Crippen molar-refractivity contribution in [2.45, 2.75) is 47.5 Å². The van der Waals surface area contributed by atoms with E-state index in [0.29, 0.717) is 5.41 Å². The fourth-order valence-electron chi connectivity index (χ4n) is 1.38. The maximum atomic E-state index is 2.45. The van der Waals surface area contributed by atoms with Gasteiger partial charge in [-0.15, -0.1) is 0 Å². The van der Waals surface area contributed by atoms with E-state index in [-0.39, 0.29) is 0 Å². The first kappa shape index (κ1) is 13.0. The molecular formula is C12H27N. The molecule has 0 bridgehead atoms. The van der Waals surface area contributed by atoms with Gasteiger partial charge in [0, 0.05) is 6.54 Å². The highest BCUT2D eigenvalue weighted by Gasteiger charge is 2.15. The van der Waals surface area contributed by atoms with Crippen molar-refractivity contribution >= 4 is 0 Å². The van der Waals surface area contributed by atoms with Gasteiger partial charge >= 0.3 is 0 Å². The lowest BCUT2D eigenvalue weighted by Crippen LogP contribution is -2.27. The molecule has 1 nitrogen and oxygen atoms in total. The second-order valence-corrected chi connectivity index (χ2v) is 5.42. The Kier molecular flexibility index (Phi) is 5.62. The molecule has 0 radical (unpaired) electrons. The van der Waals surface area contributed by atoms with E-state index in [1.807, 2.05) is 0 Å². The standard InChI is InChI=1S/C12H27N/c1-7-12(4,5)8-9-13(6)10-11(2)3/h11H,7-10H2,1-6H3. The largest absolute Gasteiger partial charge is 0.306 e. The van der Waals surface area contributed by atoms with Crippen LogP contribution in [-0.4, -0.2) is 25.0 Å². The summed E-state index contributed by atoms with van der Waals surface area (Å²) in [5.74, 6) is 0.787. The van der Waals surface area contributed by atoms with Crippen LogP contribution >= 0.6 is 0 Å². The van der Waals surface area contributed by atoms with Crippen LogP contribution in [0.3, 0.4) is 0 Å². The minimum atomic E-state index is 0.519. The Balaban J connectivity index is 3.63. The number of rotatable bonds is 6. The average Bonchev–Trinajstić information content (AvgIpc) is 2.00. The van der Waals surface area contributed by atoms with Gasteiger partial charge in [0.15, 0.2) is 0 Å². The summed E-state index contributed by atoms with van der Waals surface area (Å²) < 4.78 is 0. The molecule has 0 unspecified atom stereocenters. The van der Waals surface area contributed by atoms with Gasteiger partial charge in [-0.3, -0.25) is 0 Å². The van der Waals surface area contributed by atoms with Crippen LogP contribution in [-0.2, 0) is 0 Å². The van der Waals surface area contributed by atoms with E-state index in [4.69, 9.17) is 0 Å². The van der Waals surface area contributed by atoms with Crippen molar-refractivity contribution < 1.29 is 0 Å². The fraction of sp³-hybridized carbons (Fsp3) is 1.00. The van der Waals surface area contributed by atoms with Crippen LogP contribution in [0.2, 0.25) is 0 Å². The van der Waals surface area contributed by atoms with Crippen LogP contribution in [0.5, 0.6) is 0 Å². The Hall–Kier alpha value is -0.0400. The van der Waals surface area contributed by atoms with Gasteiger partial charge in [0.05, 0.1) is 0 Å². The highest BCUT2D eigenvalue weighted by Crippen LogP contribution is 2.24. The summed E-state index contributed by atoms with van der Waals surface area (Å²) in [5.41, 5.74) is 0.519. The van der Waals surface area contributed by atoms with E-state index in [1.54, 1.807) is 0 Å². The molecule has 0 aromatic heterocycles. The molecule has 0 aliphatic carbocycles. The van der Waals surface area contributed by atoms with Crippen LogP contribution < -0.4 is 0 Å². The van der Waals surface area contributed by atoms with Crippen LogP contribution in [0, 0.1) is 11.3 Å². The Morgan fingerprint density at radius 3 is 2.15 bits per heavy atom. The molecule has 0 heterocycles. The number of hydrogen-bond acceptors (Lipinski definition) is 1. The van der Waals surface area contributed by atoms with E-state index in [1.165, 1.54) is 25.9 Å². The molecule has 0 fully saturated rings. The highest BCUT2D eigenvalue weighted by atomic mass is 15.1. The Morgan fingerprint density at radius 1 is 1.23 bits per heavy atom. The molecule has 80 valence electrons. The molecular weight excluding hydrogens is 158 g/mol. The first-order chi connectivity index (χ1) is 5.87. The summed E-state index contributed by atoms with van der Waals surface area (Å²) in [4.78, 5) is 2.45. The molecule has 0 amide bonds. The van der Waals surface area contributed by atoms with E-state index >= 15 is 0 Å². The molecule has 1 heteroatoms. The highest BCUT2D eigenvalue weighted by molar-refractivity contribution is 4.68. The molecule has 0 aliphatic rings. The van der Waals surface area contributed by atoms with Gasteiger partial charge < -0.3 is 4.90 Å². The minimum Gasteiger partial charge on any atom is -0.306 e. The van der Waals surface area contributed by atoms with Gasteiger partial charge in [-0.1, -0.05) is 41.0 Å². The van der Waals surface area contributed by atoms with Crippen molar-refractivity contribution in [3.63, 3.8) is 0 Å². The zero-order valence-electron chi connectivity index (χ0n) is 10.4. The van der Waals surface area contributed by atoms with Gasteiger partial charge in [0.1, 0.15) is 0 Å². The maximum Gasteiger partial charge on any atom is 0.000134 e. The molecule has 0 spiro atoms. The first-order valence-electron chi connectivity index (χ1n) is 5.56. The predicted octanol–water partition coefficient (Wildman–Crippen LogP) is 3.40. The second kappa shape index (κ2) is 5.64. The minimum absolute atomic E-state index is 0.519. The summed E-state index contributed by atoms with van der Waals surface area (Å²) in [6, 6.07) is 0. The van der Waals surface area contributed by atoms with Crippen molar-refractivity contribution in [1.29, 1.82) is 0 Å². The van der Waals surface area contributed by atoms with Crippen molar-refractivity contribution in [2.75, 3.05) is 20.1 Å². The van der Waals surface area contributed by atoms with E-state index in [2.05, 4.69) is 46.6 Å². The normalized spacial score (nSPS) is 12.9. The molecule has 0 rings (SSSR count). The quantitative estimate of drug-likeness (QED) is 0.613. The van der Waals surface area contributed by atoms with Crippen molar-refractivity contribution in [2.24, 2.45) is 11.3 Å². The van der Waals surface area contributed by atoms with E-state index in [0.717, 1.165) is 5.92 Å². The zero-order chi connectivity index (χ0) is 10.5. The Labute approximate surface area is 84.5 Å². The Morgan fingerprint density at radius 2 is 1.77 bits per heavy atom. The third-order valence-corrected chi connectivity index (χ3v) is 2.80. The van der Waals surface area contributed by atoms with Gasteiger partial charge in [-0.2, -0.15) is 0 Å². The summed E-state index contributed by atoms with van der Waals surface area (Å²) in [5, 5.41) is 0. The van der Waals surface area contributed by atoms with E-state index < -0.39 is 0 Å². The van der Waals surface area contributed by atoms with Gasteiger partial charge in [0.2, 0.25) is 0 Å². The second-order valence-electron chi connectivity index (χ2n) is 5.42. The van der Waals surface area contributed by atoms with Gasteiger partial charge in [-0.05, 0) is 31.3 Å². The van der Waals surface area contributed by atoms with Crippen LogP contribution in [0.4, 0.5) is 0 Å². The zero-order valence-corrected chi connectivity index (χ0v) is 10.4. The molecule has 0 saturated heterocycles. The lowest BCUT2D eigenvalue weighted by atomic mass is 9.86. The molecule has 0 atom stereocenters. The van der Waals surface area contributed by atoms with Crippen LogP contribution in [0.25, 0.3) is 0 Å². The first-order valence-corrected chi connectivity index (χ1v) is 5.56. The molecule has 0 N–H and O–H groups in total. The van der Waals surface area contributed by atoms with Crippen molar-refractivity contribution in [1.82, 2.24) is 4.90 Å². The van der Waals surface area contributed by atoms with E-state index in [9.17, 15) is 0 Å². The fourth-order valence-corrected chi connectivity index (χ4v) is 1.38. The van der Waals surface area contributed by atoms with Gasteiger partial charge in [0.25, 0.3) is 0 Å². The monoisotopic (exact) mass is 185 g/mol. The summed E-state index contributed by atoms with van der Waals surface area (Å²) in [7, 11) is 2.23. The predicted molar refractivity (Wildman–Crippen MR) is 61.0 cm³/mol.